The van der Waals surface area contributed by atoms with Gasteiger partial charge in [0.2, 0.25) is 5.88 Å². The molecule has 0 aliphatic carbocycles. The molecule has 0 amide bonds. The highest BCUT2D eigenvalue weighted by Crippen LogP contribution is 2.24. The molecule has 0 bridgehead atoms. The van der Waals surface area contributed by atoms with Crippen molar-refractivity contribution in [3.8, 4) is 17.3 Å². The van der Waals surface area contributed by atoms with Crippen LogP contribution in [0, 0.1) is 0 Å². The van der Waals surface area contributed by atoms with Crippen LogP contribution in [0.4, 0.5) is 18.9 Å². The molecule has 31 heavy (non-hydrogen) atoms. The van der Waals surface area contributed by atoms with Crippen molar-refractivity contribution in [1.29, 1.82) is 0 Å². The summed E-state index contributed by atoms with van der Waals surface area (Å²) in [5, 5.41) is 0. The van der Waals surface area contributed by atoms with Gasteiger partial charge in [-0.3, -0.25) is 9.69 Å². The van der Waals surface area contributed by atoms with Crippen molar-refractivity contribution in [2.75, 3.05) is 18.9 Å². The molecule has 162 valence electrons. The van der Waals surface area contributed by atoms with E-state index in [9.17, 15) is 18.0 Å². The van der Waals surface area contributed by atoms with Gasteiger partial charge in [0.15, 0.2) is 6.61 Å². The average molecular weight is 431 g/mol. The molecule has 1 aromatic carbocycles. The molecule has 3 heterocycles. The minimum absolute atomic E-state index is 0.0589. The van der Waals surface area contributed by atoms with Gasteiger partial charge in [-0.25, -0.2) is 9.97 Å². The lowest BCUT2D eigenvalue weighted by Crippen LogP contribution is -2.35. The summed E-state index contributed by atoms with van der Waals surface area (Å²) in [4.78, 5) is 26.0. The smallest absolute Gasteiger partial charge is 0.422 e. The molecule has 3 N–H and O–H groups in total. The van der Waals surface area contributed by atoms with E-state index in [1.54, 1.807) is 36.4 Å². The molecule has 0 unspecified atom stereocenters. The van der Waals surface area contributed by atoms with Gasteiger partial charge >= 0.3 is 6.18 Å². The largest absolute Gasteiger partial charge is 0.468 e. The van der Waals surface area contributed by atoms with Gasteiger partial charge in [0.25, 0.3) is 5.56 Å². The number of fused-ring (bicyclic) bond motifs is 1. The first-order chi connectivity index (χ1) is 14.8. The number of H-pyrrole nitrogens is 1. The molecule has 4 rings (SSSR count). The molecule has 1 aliphatic heterocycles. The molecule has 1 aliphatic rings. The standard InChI is InChI=1S/C21H20F3N5O2/c22-21(23,24)12-31-20-14(2-1-8-26-20)10-29-9-7-17-16(11-29)19(30)28-18(27-17)13-3-5-15(25)6-4-13/h1-6,8H,7,9-12,25H2,(H,27,28,30). The zero-order chi connectivity index (χ0) is 22.0. The maximum Gasteiger partial charge on any atom is 0.422 e. The van der Waals surface area contributed by atoms with E-state index >= 15 is 0 Å². The van der Waals surface area contributed by atoms with Gasteiger partial charge in [-0.1, -0.05) is 6.07 Å². The quantitative estimate of drug-likeness (QED) is 0.603. The summed E-state index contributed by atoms with van der Waals surface area (Å²) < 4.78 is 42.4. The van der Waals surface area contributed by atoms with Crippen LogP contribution in [-0.4, -0.2) is 39.2 Å². The molecule has 3 aromatic rings. The molecule has 0 radical (unpaired) electrons. The lowest BCUT2D eigenvalue weighted by atomic mass is 10.1. The number of alkyl halides is 3. The number of nitrogens with two attached hydrogens (primary N) is 1. The number of pyridine rings is 1. The van der Waals surface area contributed by atoms with Crippen LogP contribution in [0.5, 0.6) is 5.88 Å². The van der Waals surface area contributed by atoms with Crippen LogP contribution in [0.3, 0.4) is 0 Å². The highest BCUT2D eigenvalue weighted by Gasteiger charge is 2.29. The summed E-state index contributed by atoms with van der Waals surface area (Å²) >= 11 is 0. The van der Waals surface area contributed by atoms with Crippen LogP contribution in [0.25, 0.3) is 11.4 Å². The van der Waals surface area contributed by atoms with Crippen LogP contribution in [0.2, 0.25) is 0 Å². The van der Waals surface area contributed by atoms with E-state index in [1.165, 1.54) is 6.20 Å². The summed E-state index contributed by atoms with van der Waals surface area (Å²) in [7, 11) is 0. The van der Waals surface area contributed by atoms with Gasteiger partial charge in [-0.05, 0) is 30.3 Å². The van der Waals surface area contributed by atoms with Crippen LogP contribution >= 0.6 is 0 Å². The third kappa shape index (κ3) is 5.02. The number of nitrogens with zero attached hydrogens (tertiary/aromatic N) is 3. The third-order valence-corrected chi connectivity index (χ3v) is 4.95. The number of nitrogen functional groups attached to an aromatic ring is 1. The first-order valence-corrected chi connectivity index (χ1v) is 9.62. The highest BCUT2D eigenvalue weighted by atomic mass is 19.4. The molecule has 0 fully saturated rings. The first kappa shape index (κ1) is 20.9. The topological polar surface area (TPSA) is 97.1 Å². The van der Waals surface area contributed by atoms with Gasteiger partial charge < -0.3 is 15.5 Å². The number of hydrogen-bond acceptors (Lipinski definition) is 6. The van der Waals surface area contributed by atoms with Gasteiger partial charge in [0, 0.05) is 49.1 Å². The predicted molar refractivity (Wildman–Crippen MR) is 108 cm³/mol. The molecular weight excluding hydrogens is 411 g/mol. The van der Waals surface area contributed by atoms with Crippen LogP contribution in [0.15, 0.2) is 47.4 Å². The molecule has 0 saturated heterocycles. The van der Waals surface area contributed by atoms with Gasteiger partial charge in [0.1, 0.15) is 5.82 Å². The number of rotatable bonds is 5. The van der Waals surface area contributed by atoms with Crippen molar-refractivity contribution in [1.82, 2.24) is 19.9 Å². The van der Waals surface area contributed by atoms with E-state index in [2.05, 4.69) is 15.0 Å². The lowest BCUT2D eigenvalue weighted by molar-refractivity contribution is -0.154. The molecule has 0 saturated carbocycles. The number of hydrogen-bond donors (Lipinski definition) is 2. The second kappa shape index (κ2) is 8.38. The number of aromatic nitrogens is 3. The molecule has 0 spiro atoms. The predicted octanol–water partition coefficient (Wildman–Crippen LogP) is 2.91. The van der Waals surface area contributed by atoms with Gasteiger partial charge in [-0.15, -0.1) is 0 Å². The Kier molecular flexibility index (Phi) is 5.64. The minimum atomic E-state index is -4.44. The zero-order valence-corrected chi connectivity index (χ0v) is 16.4. The van der Waals surface area contributed by atoms with E-state index in [4.69, 9.17) is 10.5 Å². The summed E-state index contributed by atoms with van der Waals surface area (Å²) in [6, 6.07) is 10.4. The van der Waals surface area contributed by atoms with E-state index in [-0.39, 0.29) is 11.4 Å². The molecule has 2 aromatic heterocycles. The highest BCUT2D eigenvalue weighted by molar-refractivity contribution is 5.58. The Morgan fingerprint density at radius 2 is 1.97 bits per heavy atom. The van der Waals surface area contributed by atoms with E-state index < -0.39 is 12.8 Å². The van der Waals surface area contributed by atoms with Crippen LogP contribution in [0.1, 0.15) is 16.8 Å². The number of halogens is 3. The Balaban J connectivity index is 1.51. The molecule has 0 atom stereocenters. The number of aromatic amines is 1. The summed E-state index contributed by atoms with van der Waals surface area (Å²) in [5.74, 6) is 0.420. The van der Waals surface area contributed by atoms with Crippen LogP contribution in [-0.2, 0) is 19.5 Å². The Hall–Kier alpha value is -3.40. The van der Waals surface area contributed by atoms with Gasteiger partial charge in [0.05, 0.1) is 11.3 Å². The van der Waals surface area contributed by atoms with E-state index in [0.717, 1.165) is 5.56 Å². The zero-order valence-electron chi connectivity index (χ0n) is 16.4. The van der Waals surface area contributed by atoms with Gasteiger partial charge in [-0.2, -0.15) is 13.2 Å². The number of anilines is 1. The van der Waals surface area contributed by atoms with E-state index in [1.807, 2.05) is 4.90 Å². The summed E-state index contributed by atoms with van der Waals surface area (Å²) in [6.45, 7) is -0.178. The normalized spacial score (nSPS) is 14.3. The minimum Gasteiger partial charge on any atom is -0.468 e. The molecular formula is C21H20F3N5O2. The summed E-state index contributed by atoms with van der Waals surface area (Å²) in [5.41, 5.74) is 8.64. The van der Waals surface area contributed by atoms with Crippen molar-refractivity contribution in [2.24, 2.45) is 0 Å². The number of ether oxygens (including phenoxy) is 1. The fourth-order valence-corrected chi connectivity index (χ4v) is 3.46. The Morgan fingerprint density at radius 3 is 2.71 bits per heavy atom. The molecule has 7 nitrogen and oxygen atoms in total. The number of benzene rings is 1. The van der Waals surface area contributed by atoms with Crippen molar-refractivity contribution in [2.45, 2.75) is 25.7 Å². The Labute approximate surface area is 175 Å². The third-order valence-electron chi connectivity index (χ3n) is 4.95. The lowest BCUT2D eigenvalue weighted by Gasteiger charge is -2.28. The Morgan fingerprint density at radius 1 is 1.19 bits per heavy atom. The number of nitrogens with one attached hydrogen (secondary N) is 1. The maximum atomic E-state index is 12.7. The fourth-order valence-electron chi connectivity index (χ4n) is 3.46. The van der Waals surface area contributed by atoms with E-state index in [0.29, 0.717) is 54.4 Å². The average Bonchev–Trinajstić information content (AvgIpc) is 2.73. The summed E-state index contributed by atoms with van der Waals surface area (Å²) in [6.07, 6.45) is -2.52. The van der Waals surface area contributed by atoms with Crippen molar-refractivity contribution in [3.63, 3.8) is 0 Å². The fraction of sp³-hybridized carbons (Fsp3) is 0.286. The van der Waals surface area contributed by atoms with Crippen molar-refractivity contribution in [3.05, 3.63) is 69.8 Å². The van der Waals surface area contributed by atoms with Crippen molar-refractivity contribution >= 4 is 5.69 Å². The Bertz CT molecular complexity index is 1130. The van der Waals surface area contributed by atoms with Crippen molar-refractivity contribution < 1.29 is 17.9 Å². The van der Waals surface area contributed by atoms with Crippen LogP contribution < -0.4 is 16.0 Å². The second-order valence-corrected chi connectivity index (χ2v) is 7.29. The molecule has 10 heteroatoms. The maximum absolute atomic E-state index is 12.7. The first-order valence-electron chi connectivity index (χ1n) is 9.62. The second-order valence-electron chi connectivity index (χ2n) is 7.29. The monoisotopic (exact) mass is 431 g/mol. The SMILES string of the molecule is Nc1ccc(-c2nc3c(c(=O)[nH]2)CN(Cc2cccnc2OCC(F)(F)F)CC3)cc1.